The Balaban J connectivity index is 2.02. The lowest BCUT2D eigenvalue weighted by molar-refractivity contribution is -0.145. The minimum Gasteiger partial charge on any atom is -0.454 e. The molecule has 1 N–H and O–H groups in total. The predicted octanol–water partition coefficient (Wildman–Crippen LogP) is 2.98. The van der Waals surface area contributed by atoms with Gasteiger partial charge in [-0.05, 0) is 18.6 Å². The van der Waals surface area contributed by atoms with Gasteiger partial charge in [0.25, 0.3) is 0 Å². The lowest BCUT2D eigenvalue weighted by Crippen LogP contribution is -2.16. The van der Waals surface area contributed by atoms with E-state index in [2.05, 4.69) is 11.6 Å². The van der Waals surface area contributed by atoms with Gasteiger partial charge in [-0.15, -0.1) is 0 Å². The Morgan fingerprint density at radius 2 is 1.86 bits per heavy atom. The van der Waals surface area contributed by atoms with Crippen molar-refractivity contribution in [3.8, 4) is 0 Å². The largest absolute Gasteiger partial charge is 0.454 e. The third-order valence-electron chi connectivity index (χ3n) is 3.15. The van der Waals surface area contributed by atoms with Gasteiger partial charge >= 0.3 is 5.97 Å². The van der Waals surface area contributed by atoms with Crippen molar-refractivity contribution in [3.05, 3.63) is 78.1 Å². The first-order chi connectivity index (χ1) is 10.1. The van der Waals surface area contributed by atoms with Crippen LogP contribution in [0.15, 0.2) is 67.0 Å². The number of carbonyl (C=O) groups excluding carboxylic acids is 1. The maximum atomic E-state index is 12.0. The molecule has 1 heterocycles. The standard InChI is InChI=1S/C17H17NO3/c1-12(16(19)15-9-6-10-18-11-15)17(20)21-13(2)14-7-4-3-5-8-14/h3-11,13,16,19H,1H2,2H3. The summed E-state index contributed by atoms with van der Waals surface area (Å²) in [5, 5.41) is 10.1. The molecule has 0 aliphatic carbocycles. The molecule has 0 bridgehead atoms. The van der Waals surface area contributed by atoms with Crippen LogP contribution in [-0.4, -0.2) is 16.1 Å². The van der Waals surface area contributed by atoms with Crippen molar-refractivity contribution in [3.63, 3.8) is 0 Å². The number of benzene rings is 1. The minimum absolute atomic E-state index is 0.00854. The van der Waals surface area contributed by atoms with Crippen molar-refractivity contribution in [2.75, 3.05) is 0 Å². The summed E-state index contributed by atoms with van der Waals surface area (Å²) in [6.07, 6.45) is 1.56. The number of ether oxygens (including phenoxy) is 1. The number of aliphatic hydroxyl groups excluding tert-OH is 1. The maximum absolute atomic E-state index is 12.0. The van der Waals surface area contributed by atoms with Gasteiger partial charge in [-0.2, -0.15) is 0 Å². The second kappa shape index (κ2) is 6.81. The van der Waals surface area contributed by atoms with Gasteiger partial charge < -0.3 is 9.84 Å². The highest BCUT2D eigenvalue weighted by Crippen LogP contribution is 2.23. The van der Waals surface area contributed by atoms with Gasteiger partial charge in [-0.1, -0.05) is 43.0 Å². The highest BCUT2D eigenvalue weighted by atomic mass is 16.5. The van der Waals surface area contributed by atoms with Gasteiger partial charge in [-0.25, -0.2) is 4.79 Å². The quantitative estimate of drug-likeness (QED) is 0.677. The maximum Gasteiger partial charge on any atom is 0.337 e. The van der Waals surface area contributed by atoms with E-state index in [4.69, 9.17) is 4.74 Å². The summed E-state index contributed by atoms with van der Waals surface area (Å²) >= 11 is 0. The van der Waals surface area contributed by atoms with E-state index in [9.17, 15) is 9.90 Å². The molecule has 0 saturated heterocycles. The van der Waals surface area contributed by atoms with Crippen LogP contribution < -0.4 is 0 Å². The smallest absolute Gasteiger partial charge is 0.337 e. The number of aliphatic hydroxyl groups is 1. The van der Waals surface area contributed by atoms with Crippen LogP contribution in [0.4, 0.5) is 0 Å². The van der Waals surface area contributed by atoms with Crippen molar-refractivity contribution in [1.29, 1.82) is 0 Å². The normalized spacial score (nSPS) is 13.2. The zero-order chi connectivity index (χ0) is 15.2. The van der Waals surface area contributed by atoms with Crippen molar-refractivity contribution in [2.45, 2.75) is 19.1 Å². The number of rotatable bonds is 5. The molecule has 2 atom stereocenters. The van der Waals surface area contributed by atoms with Crippen LogP contribution in [0.2, 0.25) is 0 Å². The molecule has 0 fully saturated rings. The summed E-state index contributed by atoms with van der Waals surface area (Å²) in [5.41, 5.74) is 1.38. The summed E-state index contributed by atoms with van der Waals surface area (Å²) in [6.45, 7) is 5.40. The molecular weight excluding hydrogens is 266 g/mol. The van der Waals surface area contributed by atoms with Crippen LogP contribution in [0.5, 0.6) is 0 Å². The second-order valence-corrected chi connectivity index (χ2v) is 4.67. The average Bonchev–Trinajstić information content (AvgIpc) is 2.55. The number of esters is 1. The Kier molecular flexibility index (Phi) is 4.85. The van der Waals surface area contributed by atoms with Crippen molar-refractivity contribution >= 4 is 5.97 Å². The Morgan fingerprint density at radius 1 is 1.19 bits per heavy atom. The highest BCUT2D eigenvalue weighted by Gasteiger charge is 2.22. The Labute approximate surface area is 123 Å². The number of nitrogens with zero attached hydrogens (tertiary/aromatic N) is 1. The van der Waals surface area contributed by atoms with Crippen LogP contribution in [0.25, 0.3) is 0 Å². The monoisotopic (exact) mass is 283 g/mol. The van der Waals surface area contributed by atoms with Crippen molar-refractivity contribution in [1.82, 2.24) is 4.98 Å². The average molecular weight is 283 g/mol. The van der Waals surface area contributed by atoms with Crippen LogP contribution >= 0.6 is 0 Å². The van der Waals surface area contributed by atoms with Crippen molar-refractivity contribution in [2.24, 2.45) is 0 Å². The fraction of sp³-hybridized carbons (Fsp3) is 0.176. The summed E-state index contributed by atoms with van der Waals surface area (Å²) < 4.78 is 5.32. The molecule has 4 nitrogen and oxygen atoms in total. The Morgan fingerprint density at radius 3 is 2.48 bits per heavy atom. The first-order valence-corrected chi connectivity index (χ1v) is 6.62. The predicted molar refractivity (Wildman–Crippen MR) is 79.3 cm³/mol. The molecule has 1 aromatic carbocycles. The number of pyridine rings is 1. The molecule has 108 valence electrons. The summed E-state index contributed by atoms with van der Waals surface area (Å²) in [7, 11) is 0. The third-order valence-corrected chi connectivity index (χ3v) is 3.15. The van der Waals surface area contributed by atoms with E-state index in [-0.39, 0.29) is 5.57 Å². The summed E-state index contributed by atoms with van der Waals surface area (Å²) in [4.78, 5) is 15.9. The fourth-order valence-electron chi connectivity index (χ4n) is 1.88. The van der Waals surface area contributed by atoms with E-state index >= 15 is 0 Å². The number of hydrogen-bond donors (Lipinski definition) is 1. The van der Waals surface area contributed by atoms with Gasteiger partial charge in [0.2, 0.25) is 0 Å². The van der Waals surface area contributed by atoms with Gasteiger partial charge in [0.1, 0.15) is 12.2 Å². The molecule has 21 heavy (non-hydrogen) atoms. The number of carbonyl (C=O) groups is 1. The molecule has 4 heteroatoms. The van der Waals surface area contributed by atoms with Crippen LogP contribution in [-0.2, 0) is 9.53 Å². The second-order valence-electron chi connectivity index (χ2n) is 4.67. The van der Waals surface area contributed by atoms with Crippen molar-refractivity contribution < 1.29 is 14.6 Å². The SMILES string of the molecule is C=C(C(=O)OC(C)c1ccccc1)C(O)c1cccnc1. The Bertz CT molecular complexity index is 610. The van der Waals surface area contributed by atoms with E-state index in [1.54, 1.807) is 25.3 Å². The van der Waals surface area contributed by atoms with E-state index < -0.39 is 18.2 Å². The molecule has 0 spiro atoms. The molecule has 0 aliphatic rings. The molecular formula is C17H17NO3. The molecule has 2 unspecified atom stereocenters. The number of hydrogen-bond acceptors (Lipinski definition) is 4. The molecule has 1 aromatic heterocycles. The molecule has 2 aromatic rings. The zero-order valence-corrected chi connectivity index (χ0v) is 11.8. The highest BCUT2D eigenvalue weighted by molar-refractivity contribution is 5.89. The van der Waals surface area contributed by atoms with E-state index in [1.807, 2.05) is 30.3 Å². The van der Waals surface area contributed by atoms with E-state index in [1.165, 1.54) is 6.20 Å². The lowest BCUT2D eigenvalue weighted by Gasteiger charge is -2.17. The van der Waals surface area contributed by atoms with Gasteiger partial charge in [-0.3, -0.25) is 4.98 Å². The number of aromatic nitrogens is 1. The van der Waals surface area contributed by atoms with Crippen LogP contribution in [0, 0.1) is 0 Å². The minimum atomic E-state index is -1.12. The Hall–Kier alpha value is -2.46. The zero-order valence-electron chi connectivity index (χ0n) is 11.8. The first-order valence-electron chi connectivity index (χ1n) is 6.62. The van der Waals surface area contributed by atoms with E-state index in [0.717, 1.165) is 5.56 Å². The molecule has 0 amide bonds. The van der Waals surface area contributed by atoms with Crippen LogP contribution in [0.3, 0.4) is 0 Å². The van der Waals surface area contributed by atoms with Gasteiger partial charge in [0.15, 0.2) is 0 Å². The summed E-state index contributed by atoms with van der Waals surface area (Å²) in [5.74, 6) is -0.622. The summed E-state index contributed by atoms with van der Waals surface area (Å²) in [6, 6.07) is 12.7. The first kappa shape index (κ1) is 14.9. The molecule has 2 rings (SSSR count). The molecule has 0 aliphatic heterocycles. The fourth-order valence-corrected chi connectivity index (χ4v) is 1.88. The lowest BCUT2D eigenvalue weighted by atomic mass is 10.0. The molecule has 0 saturated carbocycles. The molecule has 0 radical (unpaired) electrons. The van der Waals surface area contributed by atoms with E-state index in [0.29, 0.717) is 5.56 Å². The third kappa shape index (κ3) is 3.77. The topological polar surface area (TPSA) is 59.4 Å². The van der Waals surface area contributed by atoms with Gasteiger partial charge in [0.05, 0.1) is 5.57 Å². The van der Waals surface area contributed by atoms with Gasteiger partial charge in [0, 0.05) is 18.0 Å². The van der Waals surface area contributed by atoms with Crippen LogP contribution in [0.1, 0.15) is 30.3 Å².